The molecule has 0 unspecified atom stereocenters. The first-order chi connectivity index (χ1) is 11.4. The van der Waals surface area contributed by atoms with Crippen molar-refractivity contribution >= 4 is 12.1 Å². The summed E-state index contributed by atoms with van der Waals surface area (Å²) in [6.07, 6.45) is 3.20. The predicted molar refractivity (Wildman–Crippen MR) is 84.3 cm³/mol. The van der Waals surface area contributed by atoms with Gasteiger partial charge in [-0.1, -0.05) is 6.58 Å². The maximum absolute atomic E-state index is 11.1. The lowest BCUT2D eigenvalue weighted by Gasteiger charge is -2.01. The van der Waals surface area contributed by atoms with Crippen molar-refractivity contribution in [1.82, 2.24) is 4.57 Å². The molecule has 8 nitrogen and oxygen atoms in total. The van der Waals surface area contributed by atoms with E-state index in [1.165, 1.54) is 23.9 Å². The van der Waals surface area contributed by atoms with Gasteiger partial charge in [-0.05, 0) is 13.8 Å². The molecular weight excluding hydrogens is 307 g/mol. The van der Waals surface area contributed by atoms with E-state index in [4.69, 9.17) is 25.8 Å². The Balaban J connectivity index is 0.000000506. The summed E-state index contributed by atoms with van der Waals surface area (Å²) in [4.78, 5) is 11.1. The molecule has 122 valence electrons. The number of hydrogen-bond donors (Lipinski definition) is 0. The van der Waals surface area contributed by atoms with Gasteiger partial charge in [0.15, 0.2) is 0 Å². The normalized spacial score (nSPS) is 9.08. The van der Waals surface area contributed by atoms with E-state index in [9.17, 15) is 4.79 Å². The maximum Gasteiger partial charge on any atom is 0.383 e. The van der Waals surface area contributed by atoms with Gasteiger partial charge in [-0.25, -0.2) is 35.0 Å². The number of nitrogens with zero attached hydrogens (tertiary/aromatic N) is 6. The number of hydrogen-bond acceptors (Lipinski definition) is 6. The number of carbonyl (C=O) groups excluding carboxylic acids is 1. The van der Waals surface area contributed by atoms with Crippen molar-refractivity contribution in [2.75, 3.05) is 6.61 Å². The minimum absolute atomic E-state index is 0.328. The zero-order valence-corrected chi connectivity index (χ0v) is 13.6. The number of esters is 1. The molecule has 1 heterocycles. The molecule has 24 heavy (non-hydrogen) atoms. The van der Waals surface area contributed by atoms with E-state index >= 15 is 0 Å². The summed E-state index contributed by atoms with van der Waals surface area (Å²) >= 11 is 0. The molecule has 0 saturated heterocycles. The Kier molecular flexibility index (Phi) is 8.70. The van der Waals surface area contributed by atoms with Crippen LogP contribution in [0.1, 0.15) is 13.8 Å². The molecule has 0 N–H and O–H groups in total. The highest BCUT2D eigenvalue weighted by atomic mass is 16.5. The van der Waals surface area contributed by atoms with E-state index < -0.39 is 6.15 Å². The summed E-state index contributed by atoms with van der Waals surface area (Å²) < 4.78 is 9.02. The summed E-state index contributed by atoms with van der Waals surface area (Å²) in [5.74, 6) is 5.05. The molecule has 0 aliphatic heterocycles. The lowest BCUT2D eigenvalue weighted by atomic mass is 9.30. The summed E-state index contributed by atoms with van der Waals surface area (Å²) in [6.45, 7) is 9.22. The molecule has 1 rings (SSSR count). The monoisotopic (exact) mass is 324 g/mol. The Morgan fingerprint density at radius 1 is 1.25 bits per heavy atom. The number of aromatic nitrogens is 2. The Morgan fingerprint density at radius 3 is 2.12 bits per heavy atom. The number of aryl methyl sites for hydroxylation is 1. The number of carbonyl (C=O) groups is 1. The molecule has 0 radical (unpaired) electrons. The van der Waals surface area contributed by atoms with Crippen molar-refractivity contribution in [2.24, 2.45) is 0 Å². The second kappa shape index (κ2) is 10.2. The third-order valence-corrected chi connectivity index (χ3v) is 2.82. The Labute approximate surface area is 140 Å². The fraction of sp³-hybridized carbons (Fsp3) is 0.333. The van der Waals surface area contributed by atoms with Crippen LogP contribution in [0.25, 0.3) is 0 Å². The lowest BCUT2D eigenvalue weighted by molar-refractivity contribution is -0.697. The summed E-state index contributed by atoms with van der Waals surface area (Å²) in [7, 11) is 0. The van der Waals surface area contributed by atoms with Crippen LogP contribution in [0.2, 0.25) is 0 Å². The van der Waals surface area contributed by atoms with Crippen molar-refractivity contribution < 1.29 is 14.1 Å². The van der Waals surface area contributed by atoms with E-state index in [0.29, 0.717) is 18.7 Å². The van der Waals surface area contributed by atoms with Crippen LogP contribution >= 0.6 is 0 Å². The van der Waals surface area contributed by atoms with Gasteiger partial charge < -0.3 is 4.74 Å². The van der Waals surface area contributed by atoms with E-state index in [0.717, 1.165) is 6.54 Å². The smallest absolute Gasteiger partial charge is 0.383 e. The maximum atomic E-state index is 11.1. The fourth-order valence-electron chi connectivity index (χ4n) is 1.30. The quantitative estimate of drug-likeness (QED) is 0.337. The highest BCUT2D eigenvalue weighted by molar-refractivity contribution is 7.05. The predicted octanol–water partition coefficient (Wildman–Crippen LogP) is 0.601. The number of rotatable bonds is 5. The highest BCUT2D eigenvalue weighted by Crippen LogP contribution is 1.93. The van der Waals surface area contributed by atoms with E-state index in [1.54, 1.807) is 6.92 Å². The zero-order valence-electron chi connectivity index (χ0n) is 13.6. The molecule has 0 aromatic carbocycles. The Morgan fingerprint density at radius 2 is 1.79 bits per heavy atom. The summed E-state index contributed by atoms with van der Waals surface area (Å²) in [5.41, 5.74) is 0.436. The van der Waals surface area contributed by atoms with Crippen LogP contribution in [0.3, 0.4) is 0 Å². The average molecular weight is 324 g/mol. The first-order valence-corrected chi connectivity index (χ1v) is 7.06. The second-order valence-electron chi connectivity index (χ2n) is 4.78. The average Bonchev–Trinajstić information content (AvgIpc) is 3.06. The topological polar surface area (TPSA) is 130 Å². The fourth-order valence-corrected chi connectivity index (χ4v) is 1.30. The van der Waals surface area contributed by atoms with Crippen LogP contribution in [-0.2, 0) is 22.6 Å². The number of imidazole rings is 1. The van der Waals surface area contributed by atoms with Crippen molar-refractivity contribution in [3.8, 4) is 23.9 Å². The van der Waals surface area contributed by atoms with Gasteiger partial charge in [-0.3, -0.25) is 0 Å². The van der Waals surface area contributed by atoms with Crippen LogP contribution < -0.4 is 4.57 Å². The van der Waals surface area contributed by atoms with Gasteiger partial charge in [0.25, 0.3) is 0 Å². The molecule has 1 aromatic rings. The molecule has 1 aromatic heterocycles. The lowest BCUT2D eigenvalue weighted by Crippen LogP contribution is -2.34. The molecule has 0 fully saturated rings. The van der Waals surface area contributed by atoms with E-state index in [-0.39, 0.29) is 5.97 Å². The standard InChI is InChI=1S/C11H17N2O2.C4BN4/c1-4-12-5-6-13(9-12)7-8-15-11(14)10(2)3;6-1-5(2-7,3-8)4-9/h5-6,9H,2,4,7-8H2,1,3H3;/q+1;-1. The van der Waals surface area contributed by atoms with Crippen molar-refractivity contribution in [2.45, 2.75) is 26.9 Å². The highest BCUT2D eigenvalue weighted by Gasteiger charge is 2.22. The molecule has 0 aliphatic carbocycles. The summed E-state index contributed by atoms with van der Waals surface area (Å²) in [5, 5.41) is 32.3. The van der Waals surface area contributed by atoms with Gasteiger partial charge in [0.1, 0.15) is 25.5 Å². The minimum Gasteiger partial charge on any atom is -0.458 e. The van der Waals surface area contributed by atoms with Crippen LogP contribution in [0, 0.1) is 44.9 Å². The van der Waals surface area contributed by atoms with Gasteiger partial charge in [0.2, 0.25) is 6.33 Å². The molecule has 9 heteroatoms. The van der Waals surface area contributed by atoms with Crippen LogP contribution in [0.4, 0.5) is 0 Å². The van der Waals surface area contributed by atoms with E-state index in [2.05, 4.69) is 18.1 Å². The third-order valence-electron chi connectivity index (χ3n) is 2.82. The molecule has 0 spiro atoms. The molecule has 0 bridgehead atoms. The summed E-state index contributed by atoms with van der Waals surface area (Å²) in [6, 6.07) is 0. The second-order valence-corrected chi connectivity index (χ2v) is 4.78. The number of ether oxygens (including phenoxy) is 1. The molecule has 0 atom stereocenters. The zero-order chi connectivity index (χ0) is 18.6. The van der Waals surface area contributed by atoms with Crippen LogP contribution in [-0.4, -0.2) is 23.3 Å². The molecule has 0 amide bonds. The minimum atomic E-state index is -2.72. The van der Waals surface area contributed by atoms with E-state index in [1.807, 2.05) is 23.3 Å². The van der Waals surface area contributed by atoms with Gasteiger partial charge >= 0.3 is 12.1 Å². The number of nitriles is 4. The molecular formula is C15H17BN6O2. The Hall–Kier alpha value is -3.56. The van der Waals surface area contributed by atoms with Crippen LogP contribution in [0.5, 0.6) is 0 Å². The first-order valence-electron chi connectivity index (χ1n) is 7.06. The Bertz CT molecular complexity index is 695. The largest absolute Gasteiger partial charge is 0.458 e. The van der Waals surface area contributed by atoms with Gasteiger partial charge in [-0.2, -0.15) is 0 Å². The molecule has 0 saturated carbocycles. The van der Waals surface area contributed by atoms with Crippen molar-refractivity contribution in [1.29, 1.82) is 21.0 Å². The van der Waals surface area contributed by atoms with Crippen molar-refractivity contribution in [3.63, 3.8) is 0 Å². The van der Waals surface area contributed by atoms with Gasteiger partial charge in [0.05, 0.1) is 6.54 Å². The molecule has 0 aliphatic rings. The SMILES string of the molecule is C=C(C)C(=O)OCC[n+]1ccn(CC)c1.N#C[B-](C#N)(C#N)C#N. The van der Waals surface area contributed by atoms with Gasteiger partial charge in [0, 0.05) is 5.57 Å². The van der Waals surface area contributed by atoms with Crippen LogP contribution in [0.15, 0.2) is 30.9 Å². The first kappa shape index (κ1) is 20.4. The van der Waals surface area contributed by atoms with Crippen molar-refractivity contribution in [3.05, 3.63) is 30.9 Å². The van der Waals surface area contributed by atoms with Gasteiger partial charge in [-0.15, -0.1) is 23.9 Å². The third kappa shape index (κ3) is 6.47.